The summed E-state index contributed by atoms with van der Waals surface area (Å²) in [5.74, 6) is 0.0890. The Balaban J connectivity index is 1.82. The number of hydrogen-bond acceptors (Lipinski definition) is 4. The number of aliphatic hydroxyl groups is 1. The lowest BCUT2D eigenvalue weighted by Crippen LogP contribution is -2.30. The standard InChI is InChI=1S/C17H16ClN3O3/c1-11-8-14(20-21(11)13-5-2-4-12(18)9-13)17(23)19-15(10-22)16-6-3-7-24-16/h2-9,15,22H,10H2,1H3,(H,19,23). The molecule has 2 aromatic heterocycles. The molecule has 0 fully saturated rings. The molecular weight excluding hydrogens is 330 g/mol. The molecule has 1 aromatic carbocycles. The highest BCUT2D eigenvalue weighted by Gasteiger charge is 2.20. The van der Waals surface area contributed by atoms with Crippen LogP contribution in [0.5, 0.6) is 0 Å². The van der Waals surface area contributed by atoms with E-state index in [0.29, 0.717) is 10.8 Å². The van der Waals surface area contributed by atoms with Crippen molar-refractivity contribution < 1.29 is 14.3 Å². The van der Waals surface area contributed by atoms with Crippen molar-refractivity contribution in [1.29, 1.82) is 0 Å². The highest BCUT2D eigenvalue weighted by Crippen LogP contribution is 2.18. The molecule has 1 atom stereocenters. The highest BCUT2D eigenvalue weighted by molar-refractivity contribution is 6.30. The van der Waals surface area contributed by atoms with Crippen LogP contribution in [0.1, 0.15) is 28.0 Å². The van der Waals surface area contributed by atoms with Gasteiger partial charge in [0.05, 0.1) is 18.6 Å². The summed E-state index contributed by atoms with van der Waals surface area (Å²) in [7, 11) is 0. The Morgan fingerprint density at radius 2 is 2.21 bits per heavy atom. The molecular formula is C17H16ClN3O3. The topological polar surface area (TPSA) is 80.3 Å². The fraction of sp³-hybridized carbons (Fsp3) is 0.176. The Morgan fingerprint density at radius 3 is 2.88 bits per heavy atom. The summed E-state index contributed by atoms with van der Waals surface area (Å²) in [6.07, 6.45) is 1.49. The number of carbonyl (C=O) groups excluding carboxylic acids is 1. The molecule has 2 N–H and O–H groups in total. The first-order valence-corrected chi connectivity index (χ1v) is 7.74. The molecule has 0 saturated carbocycles. The highest BCUT2D eigenvalue weighted by atomic mass is 35.5. The zero-order valence-electron chi connectivity index (χ0n) is 12.9. The average Bonchev–Trinajstić information content (AvgIpc) is 3.22. The Labute approximate surface area is 143 Å². The Hall–Kier alpha value is -2.57. The number of furan rings is 1. The molecule has 0 radical (unpaired) electrons. The number of halogens is 1. The van der Waals surface area contributed by atoms with Crippen molar-refractivity contribution in [2.75, 3.05) is 6.61 Å². The molecule has 6 nitrogen and oxygen atoms in total. The van der Waals surface area contributed by atoms with Crippen LogP contribution in [0.4, 0.5) is 0 Å². The first-order valence-electron chi connectivity index (χ1n) is 7.36. The van der Waals surface area contributed by atoms with Crippen molar-refractivity contribution in [2.45, 2.75) is 13.0 Å². The zero-order chi connectivity index (χ0) is 17.1. The van der Waals surface area contributed by atoms with E-state index in [1.165, 1.54) is 6.26 Å². The lowest BCUT2D eigenvalue weighted by atomic mass is 10.2. The van der Waals surface area contributed by atoms with E-state index in [9.17, 15) is 9.90 Å². The van der Waals surface area contributed by atoms with Gasteiger partial charge in [-0.1, -0.05) is 17.7 Å². The summed E-state index contributed by atoms with van der Waals surface area (Å²) in [5, 5.41) is 17.1. The number of rotatable bonds is 5. The van der Waals surface area contributed by atoms with Gasteiger partial charge in [0, 0.05) is 10.7 Å². The molecule has 7 heteroatoms. The van der Waals surface area contributed by atoms with Crippen molar-refractivity contribution in [3.63, 3.8) is 0 Å². The van der Waals surface area contributed by atoms with Crippen LogP contribution in [-0.4, -0.2) is 27.4 Å². The van der Waals surface area contributed by atoms with E-state index in [2.05, 4.69) is 10.4 Å². The molecule has 0 aliphatic rings. The van der Waals surface area contributed by atoms with Crippen LogP contribution in [0.2, 0.25) is 5.02 Å². The van der Waals surface area contributed by atoms with Crippen LogP contribution in [-0.2, 0) is 0 Å². The second-order valence-corrected chi connectivity index (χ2v) is 5.72. The maximum Gasteiger partial charge on any atom is 0.272 e. The van der Waals surface area contributed by atoms with Gasteiger partial charge in [-0.2, -0.15) is 5.10 Å². The summed E-state index contributed by atoms with van der Waals surface area (Å²) < 4.78 is 6.86. The SMILES string of the molecule is Cc1cc(C(=O)NC(CO)c2ccco2)nn1-c1cccc(Cl)c1. The molecule has 0 aliphatic heterocycles. The number of nitrogens with one attached hydrogen (secondary N) is 1. The van der Waals surface area contributed by atoms with Crippen molar-refractivity contribution in [2.24, 2.45) is 0 Å². The van der Waals surface area contributed by atoms with Crippen LogP contribution in [0.3, 0.4) is 0 Å². The van der Waals surface area contributed by atoms with E-state index in [0.717, 1.165) is 11.4 Å². The summed E-state index contributed by atoms with van der Waals surface area (Å²) >= 11 is 6.00. The third-order valence-corrected chi connectivity index (χ3v) is 3.78. The average molecular weight is 346 g/mol. The number of benzene rings is 1. The van der Waals surface area contributed by atoms with Gasteiger partial charge in [0.2, 0.25) is 0 Å². The lowest BCUT2D eigenvalue weighted by Gasteiger charge is -2.12. The molecule has 0 saturated heterocycles. The summed E-state index contributed by atoms with van der Waals surface area (Å²) in [6, 6.07) is 11.6. The molecule has 1 unspecified atom stereocenters. The molecule has 24 heavy (non-hydrogen) atoms. The van der Waals surface area contributed by atoms with Gasteiger partial charge >= 0.3 is 0 Å². The van der Waals surface area contributed by atoms with Crippen LogP contribution in [0.15, 0.2) is 53.1 Å². The van der Waals surface area contributed by atoms with Crippen molar-refractivity contribution in [3.8, 4) is 5.69 Å². The van der Waals surface area contributed by atoms with Crippen LogP contribution < -0.4 is 5.32 Å². The van der Waals surface area contributed by atoms with Crippen molar-refractivity contribution in [3.05, 3.63) is 70.9 Å². The number of aromatic nitrogens is 2. The first kappa shape index (κ1) is 16.3. The molecule has 2 heterocycles. The predicted octanol–water partition coefficient (Wildman–Crippen LogP) is 2.89. The van der Waals surface area contributed by atoms with Crippen molar-refractivity contribution in [1.82, 2.24) is 15.1 Å². The fourth-order valence-corrected chi connectivity index (χ4v) is 2.57. The minimum atomic E-state index is -0.621. The summed E-state index contributed by atoms with van der Waals surface area (Å²) in [6.45, 7) is 1.58. The van der Waals surface area contributed by atoms with Gasteiger partial charge in [0.25, 0.3) is 5.91 Å². The number of nitrogens with zero attached hydrogens (tertiary/aromatic N) is 2. The molecule has 3 rings (SSSR count). The van der Waals surface area contributed by atoms with E-state index in [1.807, 2.05) is 19.1 Å². The molecule has 3 aromatic rings. The van der Waals surface area contributed by atoms with Gasteiger partial charge in [-0.05, 0) is 43.3 Å². The second kappa shape index (κ2) is 6.90. The monoisotopic (exact) mass is 345 g/mol. The number of amides is 1. The smallest absolute Gasteiger partial charge is 0.272 e. The Morgan fingerprint density at radius 1 is 1.38 bits per heavy atom. The number of aryl methyl sites for hydroxylation is 1. The van der Waals surface area contributed by atoms with E-state index < -0.39 is 11.9 Å². The van der Waals surface area contributed by atoms with Crippen LogP contribution in [0.25, 0.3) is 5.69 Å². The van der Waals surface area contributed by atoms with Gasteiger partial charge in [0.1, 0.15) is 11.8 Å². The van der Waals surface area contributed by atoms with Gasteiger partial charge in [0.15, 0.2) is 5.69 Å². The minimum absolute atomic E-state index is 0.248. The normalized spacial score (nSPS) is 12.1. The van der Waals surface area contributed by atoms with Gasteiger partial charge in [-0.3, -0.25) is 4.79 Å². The number of aliphatic hydroxyl groups excluding tert-OH is 1. The van der Waals surface area contributed by atoms with Gasteiger partial charge in [-0.15, -0.1) is 0 Å². The van der Waals surface area contributed by atoms with E-state index in [-0.39, 0.29) is 12.3 Å². The molecule has 124 valence electrons. The quantitative estimate of drug-likeness (QED) is 0.745. The molecule has 0 aliphatic carbocycles. The fourth-order valence-electron chi connectivity index (χ4n) is 2.38. The minimum Gasteiger partial charge on any atom is -0.467 e. The van der Waals surface area contributed by atoms with Crippen LogP contribution >= 0.6 is 11.6 Å². The third-order valence-electron chi connectivity index (χ3n) is 3.55. The maximum absolute atomic E-state index is 12.4. The summed E-state index contributed by atoms with van der Waals surface area (Å²) in [5.41, 5.74) is 1.81. The molecule has 1 amide bonds. The number of hydrogen-bond donors (Lipinski definition) is 2. The Bertz CT molecular complexity index is 843. The predicted molar refractivity (Wildman–Crippen MR) is 89.3 cm³/mol. The third kappa shape index (κ3) is 3.34. The van der Waals surface area contributed by atoms with E-state index in [4.69, 9.17) is 16.0 Å². The number of carbonyl (C=O) groups is 1. The molecule has 0 spiro atoms. The van der Waals surface area contributed by atoms with E-state index >= 15 is 0 Å². The largest absolute Gasteiger partial charge is 0.467 e. The lowest BCUT2D eigenvalue weighted by molar-refractivity contribution is 0.0902. The van der Waals surface area contributed by atoms with Crippen LogP contribution in [0, 0.1) is 6.92 Å². The maximum atomic E-state index is 12.4. The first-order chi connectivity index (χ1) is 11.6. The molecule has 0 bridgehead atoms. The van der Waals surface area contributed by atoms with Gasteiger partial charge in [-0.25, -0.2) is 4.68 Å². The Kier molecular flexibility index (Phi) is 4.69. The zero-order valence-corrected chi connectivity index (χ0v) is 13.7. The second-order valence-electron chi connectivity index (χ2n) is 5.29. The van der Waals surface area contributed by atoms with E-state index in [1.54, 1.807) is 35.0 Å². The van der Waals surface area contributed by atoms with Crippen molar-refractivity contribution >= 4 is 17.5 Å². The summed E-state index contributed by atoms with van der Waals surface area (Å²) in [4.78, 5) is 12.4. The van der Waals surface area contributed by atoms with Gasteiger partial charge < -0.3 is 14.8 Å².